The average molecular weight is 213 g/mol. The Balaban J connectivity index is 2.96. The minimum absolute atomic E-state index is 0.0998. The second-order valence-corrected chi connectivity index (χ2v) is 4.97. The van der Waals surface area contributed by atoms with Crippen LogP contribution < -0.4 is 0 Å². The second kappa shape index (κ2) is 4.33. The smallest absolute Gasteiger partial charge is 0.0869 e. The van der Waals surface area contributed by atoms with Crippen molar-refractivity contribution in [3.05, 3.63) is 34.9 Å². The molecule has 14 heavy (non-hydrogen) atoms. The summed E-state index contributed by atoms with van der Waals surface area (Å²) in [6.07, 6.45) is 0.111. The number of hydrogen-bond donors (Lipinski definition) is 0. The highest BCUT2D eigenvalue weighted by Crippen LogP contribution is 2.35. The van der Waals surface area contributed by atoms with E-state index < -0.39 is 0 Å². The van der Waals surface area contributed by atoms with E-state index in [1.807, 2.05) is 24.3 Å². The minimum Gasteiger partial charge on any atom is -0.376 e. The Kier molecular flexibility index (Phi) is 3.57. The van der Waals surface area contributed by atoms with E-state index in [4.69, 9.17) is 16.3 Å². The van der Waals surface area contributed by atoms with Gasteiger partial charge in [-0.05, 0) is 23.1 Å². The number of benzene rings is 1. The lowest BCUT2D eigenvalue weighted by Gasteiger charge is -2.29. The molecule has 0 bridgehead atoms. The van der Waals surface area contributed by atoms with E-state index in [-0.39, 0.29) is 11.5 Å². The van der Waals surface area contributed by atoms with E-state index in [1.54, 1.807) is 7.11 Å². The van der Waals surface area contributed by atoms with E-state index in [2.05, 4.69) is 20.8 Å². The average Bonchev–Trinajstić information content (AvgIpc) is 2.07. The molecule has 1 aromatic carbocycles. The zero-order chi connectivity index (χ0) is 10.8. The van der Waals surface area contributed by atoms with E-state index in [1.165, 1.54) is 5.56 Å². The summed E-state index contributed by atoms with van der Waals surface area (Å²) >= 11 is 5.83. The van der Waals surface area contributed by atoms with Gasteiger partial charge in [-0.2, -0.15) is 0 Å². The van der Waals surface area contributed by atoms with E-state index in [9.17, 15) is 0 Å². The van der Waals surface area contributed by atoms with Crippen LogP contribution in [0.2, 0.25) is 5.02 Å². The number of halogens is 1. The molecule has 0 radical (unpaired) electrons. The molecular weight excluding hydrogens is 196 g/mol. The Hall–Kier alpha value is -0.530. The molecule has 0 spiro atoms. The highest BCUT2D eigenvalue weighted by atomic mass is 35.5. The predicted octanol–water partition coefficient (Wildman–Crippen LogP) is 4.07. The fourth-order valence-corrected chi connectivity index (χ4v) is 1.75. The van der Waals surface area contributed by atoms with Crippen LogP contribution in [-0.2, 0) is 4.74 Å². The molecule has 0 saturated carbocycles. The third kappa shape index (κ3) is 2.73. The molecule has 0 aliphatic rings. The van der Waals surface area contributed by atoms with Crippen molar-refractivity contribution in [1.29, 1.82) is 0 Å². The molecule has 1 nitrogen and oxygen atoms in total. The first-order chi connectivity index (χ1) is 6.45. The zero-order valence-corrected chi connectivity index (χ0v) is 9.93. The molecule has 0 aliphatic carbocycles. The van der Waals surface area contributed by atoms with Crippen molar-refractivity contribution in [2.75, 3.05) is 7.11 Å². The lowest BCUT2D eigenvalue weighted by Crippen LogP contribution is -2.19. The van der Waals surface area contributed by atoms with Crippen molar-refractivity contribution >= 4 is 11.6 Å². The zero-order valence-electron chi connectivity index (χ0n) is 9.17. The van der Waals surface area contributed by atoms with Gasteiger partial charge in [-0.15, -0.1) is 0 Å². The van der Waals surface area contributed by atoms with Crippen molar-refractivity contribution in [3.63, 3.8) is 0 Å². The molecule has 1 aromatic rings. The summed E-state index contributed by atoms with van der Waals surface area (Å²) < 4.78 is 5.50. The molecule has 2 heteroatoms. The summed E-state index contributed by atoms with van der Waals surface area (Å²) in [7, 11) is 1.74. The highest BCUT2D eigenvalue weighted by Gasteiger charge is 2.25. The largest absolute Gasteiger partial charge is 0.376 e. The SMILES string of the molecule is COC(c1ccc(Cl)cc1)C(C)(C)C. The van der Waals surface area contributed by atoms with Crippen LogP contribution in [0.1, 0.15) is 32.4 Å². The van der Waals surface area contributed by atoms with Crippen LogP contribution in [0, 0.1) is 5.41 Å². The third-order valence-corrected chi connectivity index (χ3v) is 2.45. The number of methoxy groups -OCH3 is 1. The number of rotatable bonds is 2. The Morgan fingerprint density at radius 3 is 2.00 bits per heavy atom. The first kappa shape index (κ1) is 11.5. The monoisotopic (exact) mass is 212 g/mol. The highest BCUT2D eigenvalue weighted by molar-refractivity contribution is 6.30. The van der Waals surface area contributed by atoms with E-state index in [0.717, 1.165) is 5.02 Å². The fraction of sp³-hybridized carbons (Fsp3) is 0.500. The van der Waals surface area contributed by atoms with Crippen LogP contribution >= 0.6 is 11.6 Å². The molecule has 0 aliphatic heterocycles. The van der Waals surface area contributed by atoms with Gasteiger partial charge in [0, 0.05) is 12.1 Å². The normalized spacial score (nSPS) is 14.1. The number of hydrogen-bond acceptors (Lipinski definition) is 1. The van der Waals surface area contributed by atoms with Crippen molar-refractivity contribution in [2.45, 2.75) is 26.9 Å². The summed E-state index contributed by atoms with van der Waals surface area (Å²) in [5.74, 6) is 0. The van der Waals surface area contributed by atoms with Crippen LogP contribution in [0.4, 0.5) is 0 Å². The topological polar surface area (TPSA) is 9.23 Å². The van der Waals surface area contributed by atoms with E-state index >= 15 is 0 Å². The summed E-state index contributed by atoms with van der Waals surface area (Å²) in [4.78, 5) is 0. The van der Waals surface area contributed by atoms with Gasteiger partial charge in [-0.25, -0.2) is 0 Å². The molecule has 1 rings (SSSR count). The van der Waals surface area contributed by atoms with Crippen LogP contribution in [0.5, 0.6) is 0 Å². The molecular formula is C12H17ClO. The maximum Gasteiger partial charge on any atom is 0.0869 e. The molecule has 0 fully saturated rings. The Morgan fingerprint density at radius 2 is 1.64 bits per heavy atom. The Labute approximate surface area is 91.0 Å². The quantitative estimate of drug-likeness (QED) is 0.718. The van der Waals surface area contributed by atoms with Gasteiger partial charge < -0.3 is 4.74 Å². The van der Waals surface area contributed by atoms with Gasteiger partial charge in [0.2, 0.25) is 0 Å². The molecule has 0 N–H and O–H groups in total. The minimum atomic E-state index is 0.0998. The molecule has 0 amide bonds. The van der Waals surface area contributed by atoms with E-state index in [0.29, 0.717) is 0 Å². The van der Waals surface area contributed by atoms with Crippen LogP contribution in [0.15, 0.2) is 24.3 Å². The van der Waals surface area contributed by atoms with Gasteiger partial charge in [0.1, 0.15) is 0 Å². The predicted molar refractivity (Wildman–Crippen MR) is 60.7 cm³/mol. The van der Waals surface area contributed by atoms with Gasteiger partial charge >= 0.3 is 0 Å². The third-order valence-electron chi connectivity index (χ3n) is 2.20. The van der Waals surface area contributed by atoms with Gasteiger partial charge in [-0.1, -0.05) is 44.5 Å². The van der Waals surface area contributed by atoms with Crippen molar-refractivity contribution in [3.8, 4) is 0 Å². The van der Waals surface area contributed by atoms with Gasteiger partial charge in [0.05, 0.1) is 6.10 Å². The van der Waals surface area contributed by atoms with Crippen molar-refractivity contribution in [2.24, 2.45) is 5.41 Å². The number of ether oxygens (including phenoxy) is 1. The molecule has 0 aromatic heterocycles. The standard InChI is InChI=1S/C12H17ClO/c1-12(2,3)11(14-4)9-5-7-10(13)8-6-9/h5-8,11H,1-4H3. The Bertz CT molecular complexity index is 284. The molecule has 1 unspecified atom stereocenters. The molecule has 0 heterocycles. The van der Waals surface area contributed by atoms with Crippen LogP contribution in [0.25, 0.3) is 0 Å². The van der Waals surface area contributed by atoms with Crippen LogP contribution in [0.3, 0.4) is 0 Å². The Morgan fingerprint density at radius 1 is 1.14 bits per heavy atom. The summed E-state index contributed by atoms with van der Waals surface area (Å²) in [6, 6.07) is 7.83. The summed E-state index contributed by atoms with van der Waals surface area (Å²) in [5.41, 5.74) is 1.27. The fourth-order valence-electron chi connectivity index (χ4n) is 1.63. The summed E-state index contributed by atoms with van der Waals surface area (Å²) in [5, 5.41) is 0.762. The molecule has 0 saturated heterocycles. The lowest BCUT2D eigenvalue weighted by atomic mass is 9.85. The lowest BCUT2D eigenvalue weighted by molar-refractivity contribution is 0.0152. The van der Waals surface area contributed by atoms with Gasteiger partial charge in [0.25, 0.3) is 0 Å². The maximum absolute atomic E-state index is 5.83. The first-order valence-electron chi connectivity index (χ1n) is 4.73. The maximum atomic E-state index is 5.83. The molecule has 78 valence electrons. The second-order valence-electron chi connectivity index (χ2n) is 4.53. The van der Waals surface area contributed by atoms with Gasteiger partial charge in [-0.3, -0.25) is 0 Å². The summed E-state index contributed by atoms with van der Waals surface area (Å²) in [6.45, 7) is 6.49. The van der Waals surface area contributed by atoms with Gasteiger partial charge in [0.15, 0.2) is 0 Å². The molecule has 1 atom stereocenters. The van der Waals surface area contributed by atoms with Crippen molar-refractivity contribution < 1.29 is 4.74 Å². The van der Waals surface area contributed by atoms with Crippen LogP contribution in [-0.4, -0.2) is 7.11 Å². The first-order valence-corrected chi connectivity index (χ1v) is 5.11. The van der Waals surface area contributed by atoms with Crippen molar-refractivity contribution in [1.82, 2.24) is 0 Å².